The van der Waals surface area contributed by atoms with Crippen molar-refractivity contribution in [3.63, 3.8) is 0 Å². The third kappa shape index (κ3) is 2.98. The van der Waals surface area contributed by atoms with Crippen LogP contribution in [0.25, 0.3) is 0 Å². The van der Waals surface area contributed by atoms with Gasteiger partial charge in [0.15, 0.2) is 0 Å². The Kier molecular flexibility index (Phi) is 4.87. The van der Waals surface area contributed by atoms with E-state index < -0.39 is 23.2 Å². The van der Waals surface area contributed by atoms with E-state index in [2.05, 4.69) is 5.32 Å². The molecule has 0 bridgehead atoms. The molecule has 0 aromatic heterocycles. The van der Waals surface area contributed by atoms with Gasteiger partial charge in [-0.25, -0.2) is 4.39 Å². The van der Waals surface area contributed by atoms with Crippen LogP contribution >= 0.6 is 0 Å². The molecule has 0 aliphatic carbocycles. The number of amides is 2. The molecule has 0 saturated heterocycles. The van der Waals surface area contributed by atoms with Crippen LogP contribution in [0.3, 0.4) is 0 Å². The van der Waals surface area contributed by atoms with E-state index in [0.29, 0.717) is 12.0 Å². The second kappa shape index (κ2) is 6.03. The van der Waals surface area contributed by atoms with Crippen LogP contribution in [0, 0.1) is 18.7 Å². The number of nitrogens with one attached hydrogen (secondary N) is 1. The number of hydrogen-bond donors (Lipinski definition) is 2. The van der Waals surface area contributed by atoms with Gasteiger partial charge in [0, 0.05) is 5.56 Å². The van der Waals surface area contributed by atoms with E-state index in [9.17, 15) is 14.0 Å². The standard InChI is InChI=1S/C15H21FN2O2/c1-5-15(9(2)3,14(17)20)18-13(19)12-8-11(16)7-6-10(12)4/h6-9H,5H2,1-4H3,(H2,17,20)(H,18,19). The summed E-state index contributed by atoms with van der Waals surface area (Å²) in [6.45, 7) is 7.12. The Labute approximate surface area is 118 Å². The highest BCUT2D eigenvalue weighted by molar-refractivity contribution is 6.00. The molecule has 3 N–H and O–H groups in total. The largest absolute Gasteiger partial charge is 0.368 e. The van der Waals surface area contributed by atoms with Crippen molar-refractivity contribution in [2.24, 2.45) is 11.7 Å². The number of carbonyl (C=O) groups is 2. The Morgan fingerprint density at radius 2 is 2.00 bits per heavy atom. The number of aryl methyl sites for hydroxylation is 1. The summed E-state index contributed by atoms with van der Waals surface area (Å²) in [6, 6.07) is 3.97. The summed E-state index contributed by atoms with van der Waals surface area (Å²) in [5, 5.41) is 2.68. The molecule has 1 aromatic carbocycles. The average Bonchev–Trinajstić information content (AvgIpc) is 2.37. The van der Waals surface area contributed by atoms with Gasteiger partial charge in [-0.05, 0) is 37.0 Å². The van der Waals surface area contributed by atoms with Crippen molar-refractivity contribution in [3.05, 3.63) is 35.1 Å². The summed E-state index contributed by atoms with van der Waals surface area (Å²) in [7, 11) is 0. The highest BCUT2D eigenvalue weighted by Gasteiger charge is 2.40. The number of rotatable bonds is 5. The first-order chi connectivity index (χ1) is 9.24. The first-order valence-corrected chi connectivity index (χ1v) is 6.63. The Morgan fingerprint density at radius 1 is 1.40 bits per heavy atom. The lowest BCUT2D eigenvalue weighted by Gasteiger charge is -2.34. The minimum atomic E-state index is -1.13. The second-order valence-corrected chi connectivity index (χ2v) is 5.26. The minimum Gasteiger partial charge on any atom is -0.368 e. The topological polar surface area (TPSA) is 72.2 Å². The number of hydrogen-bond acceptors (Lipinski definition) is 2. The average molecular weight is 280 g/mol. The predicted octanol–water partition coefficient (Wildman–Crippen LogP) is 2.15. The molecule has 0 radical (unpaired) electrons. The molecule has 1 unspecified atom stereocenters. The lowest BCUT2D eigenvalue weighted by Crippen LogP contribution is -2.60. The zero-order chi connectivity index (χ0) is 15.5. The molecule has 0 fully saturated rings. The Hall–Kier alpha value is -1.91. The van der Waals surface area contributed by atoms with Crippen molar-refractivity contribution in [1.29, 1.82) is 0 Å². The molecule has 1 atom stereocenters. The number of benzene rings is 1. The third-order valence-electron chi connectivity index (χ3n) is 3.76. The molecule has 5 heteroatoms. The lowest BCUT2D eigenvalue weighted by atomic mass is 9.82. The number of carbonyl (C=O) groups excluding carboxylic acids is 2. The first-order valence-electron chi connectivity index (χ1n) is 6.63. The number of nitrogens with two attached hydrogens (primary N) is 1. The zero-order valence-electron chi connectivity index (χ0n) is 12.3. The normalized spacial score (nSPS) is 13.9. The van der Waals surface area contributed by atoms with E-state index in [1.807, 2.05) is 13.8 Å². The van der Waals surface area contributed by atoms with Gasteiger partial charge in [0.25, 0.3) is 5.91 Å². The van der Waals surface area contributed by atoms with Gasteiger partial charge in [-0.15, -0.1) is 0 Å². The molecular weight excluding hydrogens is 259 g/mol. The molecule has 0 spiro atoms. The molecule has 2 amide bonds. The molecule has 1 rings (SSSR count). The van der Waals surface area contributed by atoms with Crippen LogP contribution in [0.4, 0.5) is 4.39 Å². The van der Waals surface area contributed by atoms with E-state index in [1.54, 1.807) is 13.8 Å². The van der Waals surface area contributed by atoms with Gasteiger partial charge in [-0.2, -0.15) is 0 Å². The van der Waals surface area contributed by atoms with Gasteiger partial charge in [-0.1, -0.05) is 26.8 Å². The molecule has 0 aliphatic rings. The van der Waals surface area contributed by atoms with Gasteiger partial charge in [0.05, 0.1) is 0 Å². The highest BCUT2D eigenvalue weighted by Crippen LogP contribution is 2.22. The van der Waals surface area contributed by atoms with Gasteiger partial charge in [0.2, 0.25) is 5.91 Å². The smallest absolute Gasteiger partial charge is 0.252 e. The van der Waals surface area contributed by atoms with E-state index in [1.165, 1.54) is 12.1 Å². The van der Waals surface area contributed by atoms with Crippen LogP contribution in [0.2, 0.25) is 0 Å². The first kappa shape index (κ1) is 16.1. The van der Waals surface area contributed by atoms with Crippen LogP contribution in [-0.4, -0.2) is 17.4 Å². The van der Waals surface area contributed by atoms with Crippen LogP contribution in [-0.2, 0) is 4.79 Å². The summed E-state index contributed by atoms with van der Waals surface area (Å²) >= 11 is 0. The van der Waals surface area contributed by atoms with Gasteiger partial charge < -0.3 is 11.1 Å². The van der Waals surface area contributed by atoms with Crippen molar-refractivity contribution in [2.75, 3.05) is 0 Å². The van der Waals surface area contributed by atoms with Crippen molar-refractivity contribution < 1.29 is 14.0 Å². The highest BCUT2D eigenvalue weighted by atomic mass is 19.1. The maximum Gasteiger partial charge on any atom is 0.252 e. The Balaban J connectivity index is 3.15. The maximum absolute atomic E-state index is 13.3. The van der Waals surface area contributed by atoms with Crippen molar-refractivity contribution in [3.8, 4) is 0 Å². The zero-order valence-corrected chi connectivity index (χ0v) is 12.3. The summed E-state index contributed by atoms with van der Waals surface area (Å²) in [5.74, 6) is -1.73. The fourth-order valence-corrected chi connectivity index (χ4v) is 2.27. The minimum absolute atomic E-state index is 0.164. The van der Waals surface area contributed by atoms with E-state index >= 15 is 0 Å². The maximum atomic E-state index is 13.3. The van der Waals surface area contributed by atoms with Crippen LogP contribution in [0.5, 0.6) is 0 Å². The van der Waals surface area contributed by atoms with E-state index in [0.717, 1.165) is 6.07 Å². The molecule has 110 valence electrons. The third-order valence-corrected chi connectivity index (χ3v) is 3.76. The van der Waals surface area contributed by atoms with E-state index in [4.69, 9.17) is 5.73 Å². The second-order valence-electron chi connectivity index (χ2n) is 5.26. The van der Waals surface area contributed by atoms with Gasteiger partial charge >= 0.3 is 0 Å². The van der Waals surface area contributed by atoms with Crippen molar-refractivity contribution in [2.45, 2.75) is 39.7 Å². The Morgan fingerprint density at radius 3 is 2.45 bits per heavy atom. The summed E-state index contributed by atoms with van der Waals surface area (Å²) in [6.07, 6.45) is 0.375. The van der Waals surface area contributed by atoms with Crippen molar-refractivity contribution >= 4 is 11.8 Å². The van der Waals surface area contributed by atoms with Gasteiger partial charge in [-0.3, -0.25) is 9.59 Å². The lowest BCUT2D eigenvalue weighted by molar-refractivity contribution is -0.126. The predicted molar refractivity (Wildman–Crippen MR) is 75.7 cm³/mol. The van der Waals surface area contributed by atoms with E-state index in [-0.39, 0.29) is 11.5 Å². The molecule has 20 heavy (non-hydrogen) atoms. The molecular formula is C15H21FN2O2. The SMILES string of the molecule is CCC(NC(=O)c1cc(F)ccc1C)(C(N)=O)C(C)C. The molecule has 0 saturated carbocycles. The van der Waals surface area contributed by atoms with Crippen LogP contribution in [0.1, 0.15) is 43.1 Å². The van der Waals surface area contributed by atoms with Crippen LogP contribution < -0.4 is 11.1 Å². The summed E-state index contributed by atoms with van der Waals surface area (Å²) in [5.41, 5.74) is 5.17. The van der Waals surface area contributed by atoms with Crippen LogP contribution in [0.15, 0.2) is 18.2 Å². The quantitative estimate of drug-likeness (QED) is 0.867. The number of primary amides is 1. The number of halogens is 1. The molecule has 4 nitrogen and oxygen atoms in total. The summed E-state index contributed by atoms with van der Waals surface area (Å²) in [4.78, 5) is 24.1. The monoisotopic (exact) mass is 280 g/mol. The molecule has 0 aliphatic heterocycles. The summed E-state index contributed by atoms with van der Waals surface area (Å²) < 4.78 is 13.3. The Bertz CT molecular complexity index is 529. The fraction of sp³-hybridized carbons (Fsp3) is 0.467. The molecule has 1 aromatic rings. The molecule has 0 heterocycles. The fourth-order valence-electron chi connectivity index (χ4n) is 2.27. The van der Waals surface area contributed by atoms with Gasteiger partial charge in [0.1, 0.15) is 11.4 Å². The van der Waals surface area contributed by atoms with Crippen molar-refractivity contribution in [1.82, 2.24) is 5.32 Å².